The number of aryl methyl sites for hydroxylation is 1. The summed E-state index contributed by atoms with van der Waals surface area (Å²) in [6.07, 6.45) is 4.05. The van der Waals surface area contributed by atoms with E-state index < -0.39 is 0 Å². The average molecular weight is 223 g/mol. The van der Waals surface area contributed by atoms with Crippen LogP contribution in [0.2, 0.25) is 0 Å². The van der Waals surface area contributed by atoms with Crippen molar-refractivity contribution in [1.29, 1.82) is 0 Å². The van der Waals surface area contributed by atoms with E-state index in [9.17, 15) is 4.79 Å². The van der Waals surface area contributed by atoms with Crippen molar-refractivity contribution in [2.75, 3.05) is 7.05 Å². The molecule has 2 N–H and O–H groups in total. The van der Waals surface area contributed by atoms with Crippen molar-refractivity contribution in [3.8, 4) is 0 Å². The zero-order valence-electron chi connectivity index (χ0n) is 10.4. The number of rotatable bonds is 5. The lowest BCUT2D eigenvalue weighted by Crippen LogP contribution is -2.45. The highest BCUT2D eigenvalue weighted by Gasteiger charge is 2.19. The molecule has 0 aliphatic carbocycles. The Morgan fingerprint density at radius 2 is 2.19 bits per heavy atom. The average Bonchev–Trinajstić information content (AvgIpc) is 2.63. The largest absolute Gasteiger partial charge is 0.358 e. The molecule has 90 valence electrons. The summed E-state index contributed by atoms with van der Waals surface area (Å²) in [6.45, 7) is 4.80. The molecule has 1 amide bonds. The monoisotopic (exact) mass is 223 g/mol. The summed E-state index contributed by atoms with van der Waals surface area (Å²) in [5.41, 5.74) is 1.19. The first-order valence-corrected chi connectivity index (χ1v) is 5.60. The highest BCUT2D eigenvalue weighted by molar-refractivity contribution is 5.81. The summed E-state index contributed by atoms with van der Waals surface area (Å²) in [5, 5.41) is 5.96. The smallest absolute Gasteiger partial charge is 0.237 e. The molecule has 1 aromatic rings. The zero-order chi connectivity index (χ0) is 12.1. The van der Waals surface area contributed by atoms with Gasteiger partial charge in [0, 0.05) is 33.0 Å². The molecule has 0 aliphatic rings. The van der Waals surface area contributed by atoms with Crippen LogP contribution in [0.1, 0.15) is 19.4 Å². The molecule has 16 heavy (non-hydrogen) atoms. The van der Waals surface area contributed by atoms with Gasteiger partial charge in [0.25, 0.3) is 0 Å². The second kappa shape index (κ2) is 5.70. The molecule has 0 aromatic carbocycles. The van der Waals surface area contributed by atoms with E-state index in [1.54, 1.807) is 7.05 Å². The standard InChI is InChI=1S/C12H21N3O/c1-9(2)11(12(16)13-3)14-7-10-5-6-15(4)8-10/h5-6,8-9,11,14H,7H2,1-4H3,(H,13,16). The van der Waals surface area contributed by atoms with Crippen LogP contribution in [0.25, 0.3) is 0 Å². The third kappa shape index (κ3) is 3.38. The first kappa shape index (κ1) is 12.8. The Bertz CT molecular complexity index is 344. The lowest BCUT2D eigenvalue weighted by Gasteiger charge is -2.20. The summed E-state index contributed by atoms with van der Waals surface area (Å²) in [6, 6.07) is 1.92. The van der Waals surface area contributed by atoms with Gasteiger partial charge in [0.05, 0.1) is 6.04 Å². The van der Waals surface area contributed by atoms with E-state index in [2.05, 4.69) is 10.6 Å². The molecule has 1 heterocycles. The van der Waals surface area contributed by atoms with Gasteiger partial charge in [-0.15, -0.1) is 0 Å². The molecule has 1 atom stereocenters. The van der Waals surface area contributed by atoms with Crippen molar-refractivity contribution in [3.05, 3.63) is 24.0 Å². The number of hydrogen-bond acceptors (Lipinski definition) is 2. The van der Waals surface area contributed by atoms with Gasteiger partial charge in [0.2, 0.25) is 5.91 Å². The SMILES string of the molecule is CNC(=O)C(NCc1ccn(C)c1)C(C)C. The Kier molecular flexibility index (Phi) is 4.55. The van der Waals surface area contributed by atoms with E-state index in [1.807, 2.05) is 43.9 Å². The fourth-order valence-electron chi connectivity index (χ4n) is 1.68. The molecular formula is C12H21N3O. The maximum Gasteiger partial charge on any atom is 0.237 e. The fourth-order valence-corrected chi connectivity index (χ4v) is 1.68. The first-order valence-electron chi connectivity index (χ1n) is 5.60. The van der Waals surface area contributed by atoms with E-state index in [4.69, 9.17) is 0 Å². The van der Waals surface area contributed by atoms with Gasteiger partial charge in [0.1, 0.15) is 0 Å². The van der Waals surface area contributed by atoms with Crippen molar-refractivity contribution in [2.24, 2.45) is 13.0 Å². The summed E-state index contributed by atoms with van der Waals surface area (Å²) >= 11 is 0. The van der Waals surface area contributed by atoms with Crippen LogP contribution in [-0.4, -0.2) is 23.6 Å². The number of carbonyl (C=O) groups excluding carboxylic acids is 1. The van der Waals surface area contributed by atoms with Gasteiger partial charge >= 0.3 is 0 Å². The van der Waals surface area contributed by atoms with Crippen LogP contribution in [0, 0.1) is 5.92 Å². The highest BCUT2D eigenvalue weighted by atomic mass is 16.2. The molecule has 0 saturated carbocycles. The number of hydrogen-bond donors (Lipinski definition) is 2. The second-order valence-electron chi connectivity index (χ2n) is 4.40. The maximum absolute atomic E-state index is 11.6. The van der Waals surface area contributed by atoms with Crippen molar-refractivity contribution < 1.29 is 4.79 Å². The second-order valence-corrected chi connectivity index (χ2v) is 4.40. The molecule has 1 aromatic heterocycles. The minimum atomic E-state index is -0.134. The van der Waals surface area contributed by atoms with E-state index in [0.717, 1.165) is 6.54 Å². The fraction of sp³-hybridized carbons (Fsp3) is 0.583. The normalized spacial score (nSPS) is 12.8. The van der Waals surface area contributed by atoms with Gasteiger partial charge in [-0.3, -0.25) is 4.79 Å². The molecule has 1 unspecified atom stereocenters. The summed E-state index contributed by atoms with van der Waals surface area (Å²) < 4.78 is 2.00. The van der Waals surface area contributed by atoms with Crippen LogP contribution in [0.15, 0.2) is 18.5 Å². The number of nitrogens with zero attached hydrogens (tertiary/aromatic N) is 1. The van der Waals surface area contributed by atoms with Gasteiger partial charge in [-0.1, -0.05) is 13.8 Å². The Labute approximate surface area is 97.0 Å². The van der Waals surface area contributed by atoms with E-state index >= 15 is 0 Å². The van der Waals surface area contributed by atoms with Gasteiger partial charge in [-0.25, -0.2) is 0 Å². The summed E-state index contributed by atoms with van der Waals surface area (Å²) in [5.74, 6) is 0.328. The Morgan fingerprint density at radius 1 is 1.50 bits per heavy atom. The van der Waals surface area contributed by atoms with Gasteiger partial charge in [0.15, 0.2) is 0 Å². The Balaban J connectivity index is 2.53. The van der Waals surface area contributed by atoms with Crippen LogP contribution in [0.5, 0.6) is 0 Å². The molecule has 4 nitrogen and oxygen atoms in total. The molecule has 0 fully saturated rings. The van der Waals surface area contributed by atoms with Crippen molar-refractivity contribution in [3.63, 3.8) is 0 Å². The first-order chi connectivity index (χ1) is 7.54. The van der Waals surface area contributed by atoms with Crippen molar-refractivity contribution in [2.45, 2.75) is 26.4 Å². The number of likely N-dealkylation sites (N-methyl/N-ethyl adjacent to an activating group) is 1. The molecular weight excluding hydrogens is 202 g/mol. The minimum Gasteiger partial charge on any atom is -0.358 e. The molecule has 0 saturated heterocycles. The van der Waals surface area contributed by atoms with Gasteiger partial charge < -0.3 is 15.2 Å². The maximum atomic E-state index is 11.6. The summed E-state index contributed by atoms with van der Waals surface area (Å²) in [4.78, 5) is 11.6. The van der Waals surface area contributed by atoms with Crippen LogP contribution < -0.4 is 10.6 Å². The van der Waals surface area contributed by atoms with Gasteiger partial charge in [-0.05, 0) is 17.5 Å². The van der Waals surface area contributed by atoms with E-state index in [-0.39, 0.29) is 17.9 Å². The number of nitrogens with one attached hydrogen (secondary N) is 2. The molecule has 0 radical (unpaired) electrons. The molecule has 1 rings (SSSR count). The third-order valence-corrected chi connectivity index (χ3v) is 2.61. The molecule has 0 aliphatic heterocycles. The number of aromatic nitrogens is 1. The van der Waals surface area contributed by atoms with Crippen LogP contribution in [-0.2, 0) is 18.4 Å². The molecule has 0 spiro atoms. The Hall–Kier alpha value is -1.29. The van der Waals surface area contributed by atoms with Crippen molar-refractivity contribution >= 4 is 5.91 Å². The predicted octanol–water partition coefficient (Wildman–Crippen LogP) is 0.885. The number of amides is 1. The predicted molar refractivity (Wildman–Crippen MR) is 64.9 cm³/mol. The van der Waals surface area contributed by atoms with Gasteiger partial charge in [-0.2, -0.15) is 0 Å². The number of carbonyl (C=O) groups is 1. The van der Waals surface area contributed by atoms with Crippen molar-refractivity contribution in [1.82, 2.24) is 15.2 Å². The topological polar surface area (TPSA) is 46.1 Å². The highest BCUT2D eigenvalue weighted by Crippen LogP contribution is 2.05. The molecule has 0 bridgehead atoms. The van der Waals surface area contributed by atoms with E-state index in [1.165, 1.54) is 5.56 Å². The quantitative estimate of drug-likeness (QED) is 0.778. The Morgan fingerprint density at radius 3 is 2.62 bits per heavy atom. The minimum absolute atomic E-state index is 0.0472. The van der Waals surface area contributed by atoms with Crippen LogP contribution >= 0.6 is 0 Å². The third-order valence-electron chi connectivity index (χ3n) is 2.61. The lowest BCUT2D eigenvalue weighted by molar-refractivity contribution is -0.123. The molecule has 4 heteroatoms. The summed E-state index contributed by atoms with van der Waals surface area (Å²) in [7, 11) is 3.66. The van der Waals surface area contributed by atoms with Crippen LogP contribution in [0.3, 0.4) is 0 Å². The lowest BCUT2D eigenvalue weighted by atomic mass is 10.0. The van der Waals surface area contributed by atoms with Crippen LogP contribution in [0.4, 0.5) is 0 Å². The zero-order valence-corrected chi connectivity index (χ0v) is 10.4. The van der Waals surface area contributed by atoms with E-state index in [0.29, 0.717) is 0 Å².